The van der Waals surface area contributed by atoms with E-state index < -0.39 is 18.6 Å². The number of thiophene rings is 1. The van der Waals surface area contributed by atoms with Crippen molar-refractivity contribution in [2.45, 2.75) is 19.1 Å². The summed E-state index contributed by atoms with van der Waals surface area (Å²) < 4.78 is 38.7. The lowest BCUT2D eigenvalue weighted by atomic mass is 10.3. The molecule has 10 heteroatoms. The van der Waals surface area contributed by atoms with Crippen LogP contribution in [-0.2, 0) is 11.3 Å². The van der Waals surface area contributed by atoms with Gasteiger partial charge >= 0.3 is 6.18 Å². The van der Waals surface area contributed by atoms with Gasteiger partial charge in [-0.1, -0.05) is 6.07 Å². The number of carbonyl (C=O) groups excluding carboxylic acids is 1. The molecular weight excluding hydrogens is 337 g/mol. The predicted octanol–water partition coefficient (Wildman–Crippen LogP) is 3.08. The lowest BCUT2D eigenvalue weighted by Gasteiger charge is -2.19. The monoisotopic (exact) mass is 350 g/mol. The van der Waals surface area contributed by atoms with Gasteiger partial charge in [-0.15, -0.1) is 11.3 Å². The van der Waals surface area contributed by atoms with Crippen molar-refractivity contribution >= 4 is 29.5 Å². The van der Waals surface area contributed by atoms with E-state index in [9.17, 15) is 18.0 Å². The Morgan fingerprint density at radius 1 is 1.55 bits per heavy atom. The molecule has 0 atom stereocenters. The minimum atomic E-state index is -4.40. The Morgan fingerprint density at radius 3 is 2.86 bits per heavy atom. The molecule has 0 bridgehead atoms. The molecule has 120 valence electrons. The summed E-state index contributed by atoms with van der Waals surface area (Å²) in [5, 5.41) is 8.60. The molecule has 22 heavy (non-hydrogen) atoms. The first-order chi connectivity index (χ1) is 10.3. The third kappa shape index (κ3) is 4.17. The van der Waals surface area contributed by atoms with Gasteiger partial charge in [-0.05, 0) is 23.7 Å². The highest BCUT2D eigenvalue weighted by Crippen LogP contribution is 2.23. The Balaban J connectivity index is 2.05. The van der Waals surface area contributed by atoms with Crippen LogP contribution in [0.15, 0.2) is 17.5 Å². The number of amides is 1. The highest BCUT2D eigenvalue weighted by atomic mass is 32.1. The topological polar surface area (TPSA) is 53.9 Å². The summed E-state index contributed by atoms with van der Waals surface area (Å²) in [6.07, 6.45) is -4.49. The van der Waals surface area contributed by atoms with Crippen molar-refractivity contribution < 1.29 is 18.0 Å². The van der Waals surface area contributed by atoms with Gasteiger partial charge in [0, 0.05) is 20.0 Å². The number of nitrogens with zero attached hydrogens (tertiary/aromatic N) is 3. The summed E-state index contributed by atoms with van der Waals surface area (Å²) in [5.74, 6) is -0.0242. The van der Waals surface area contributed by atoms with Gasteiger partial charge in [0.25, 0.3) is 0 Å². The number of hydrogen-bond acceptors (Lipinski definition) is 4. The summed E-state index contributed by atoms with van der Waals surface area (Å²) in [6, 6.07) is 3.70. The molecule has 0 saturated heterocycles. The molecule has 2 rings (SSSR count). The van der Waals surface area contributed by atoms with Crippen LogP contribution in [-0.4, -0.2) is 45.3 Å². The summed E-state index contributed by atoms with van der Waals surface area (Å²) >= 11 is 6.55. The predicted molar refractivity (Wildman–Crippen MR) is 79.0 cm³/mol. The van der Waals surface area contributed by atoms with Gasteiger partial charge in [0.15, 0.2) is 10.6 Å². The number of hydrogen-bond donors (Lipinski definition) is 1. The number of alkyl halides is 3. The molecule has 0 radical (unpaired) electrons. The standard InChI is InChI=1S/C12H13F3N4OS2/c1-18(7-12(13,14)15)9(20)4-5-19-10(16-17-11(19)21)8-3-2-6-22-8/h2-3,6H,4-5,7H2,1H3,(H,17,21). The van der Waals surface area contributed by atoms with Crippen LogP contribution in [0.3, 0.4) is 0 Å². The molecular formula is C12H13F3N4OS2. The van der Waals surface area contributed by atoms with Gasteiger partial charge in [-0.2, -0.15) is 18.3 Å². The van der Waals surface area contributed by atoms with Gasteiger partial charge in [-0.3, -0.25) is 14.5 Å². The maximum atomic E-state index is 12.3. The minimum Gasteiger partial charge on any atom is -0.337 e. The van der Waals surface area contributed by atoms with Crippen molar-refractivity contribution in [3.8, 4) is 10.7 Å². The largest absolute Gasteiger partial charge is 0.406 e. The van der Waals surface area contributed by atoms with E-state index in [0.29, 0.717) is 15.5 Å². The fourth-order valence-corrected chi connectivity index (χ4v) is 2.82. The van der Waals surface area contributed by atoms with Crippen LogP contribution < -0.4 is 0 Å². The van der Waals surface area contributed by atoms with Crippen LogP contribution in [0.25, 0.3) is 10.7 Å². The zero-order chi connectivity index (χ0) is 16.3. The second-order valence-corrected chi connectivity index (χ2v) is 5.93. The third-order valence-electron chi connectivity index (χ3n) is 2.89. The molecule has 0 aromatic carbocycles. The van der Waals surface area contributed by atoms with Gasteiger partial charge < -0.3 is 4.90 Å². The lowest BCUT2D eigenvalue weighted by molar-refractivity contribution is -0.158. The lowest BCUT2D eigenvalue weighted by Crippen LogP contribution is -2.36. The summed E-state index contributed by atoms with van der Waals surface area (Å²) in [4.78, 5) is 13.3. The average molecular weight is 350 g/mol. The fraction of sp³-hybridized carbons (Fsp3) is 0.417. The number of rotatable bonds is 5. The molecule has 0 aliphatic carbocycles. The highest BCUT2D eigenvalue weighted by Gasteiger charge is 2.31. The average Bonchev–Trinajstić information content (AvgIpc) is 3.03. The molecule has 0 aliphatic heterocycles. The van der Waals surface area contributed by atoms with E-state index >= 15 is 0 Å². The third-order valence-corrected chi connectivity index (χ3v) is 4.07. The Labute approximate surface area is 133 Å². The van der Waals surface area contributed by atoms with Gasteiger partial charge in [-0.25, -0.2) is 0 Å². The Kier molecular flexibility index (Phi) is 5.01. The highest BCUT2D eigenvalue weighted by molar-refractivity contribution is 7.71. The molecule has 1 amide bonds. The number of aromatic nitrogens is 3. The van der Waals surface area contributed by atoms with Gasteiger partial charge in [0.1, 0.15) is 6.54 Å². The second-order valence-electron chi connectivity index (χ2n) is 4.60. The van der Waals surface area contributed by atoms with Crippen molar-refractivity contribution in [2.24, 2.45) is 0 Å². The number of nitrogens with one attached hydrogen (secondary N) is 1. The van der Waals surface area contributed by atoms with E-state index in [1.807, 2.05) is 17.5 Å². The second kappa shape index (κ2) is 6.61. The van der Waals surface area contributed by atoms with E-state index in [1.165, 1.54) is 11.3 Å². The first kappa shape index (κ1) is 16.7. The van der Waals surface area contributed by atoms with E-state index in [4.69, 9.17) is 12.2 Å². The molecule has 0 saturated carbocycles. The Bertz CT molecular complexity index is 690. The summed E-state index contributed by atoms with van der Waals surface area (Å²) in [5.41, 5.74) is 0. The first-order valence-electron chi connectivity index (χ1n) is 6.28. The van der Waals surface area contributed by atoms with Crippen molar-refractivity contribution in [2.75, 3.05) is 13.6 Å². The quantitative estimate of drug-likeness (QED) is 0.843. The van der Waals surface area contributed by atoms with E-state index in [0.717, 1.165) is 11.9 Å². The molecule has 0 spiro atoms. The zero-order valence-electron chi connectivity index (χ0n) is 11.6. The number of H-pyrrole nitrogens is 1. The van der Waals surface area contributed by atoms with Crippen molar-refractivity contribution in [1.29, 1.82) is 0 Å². The minimum absolute atomic E-state index is 0.0845. The van der Waals surface area contributed by atoms with Gasteiger partial charge in [0.2, 0.25) is 5.91 Å². The molecule has 0 unspecified atom stereocenters. The zero-order valence-corrected chi connectivity index (χ0v) is 13.2. The van der Waals surface area contributed by atoms with E-state index in [1.54, 1.807) is 4.57 Å². The maximum Gasteiger partial charge on any atom is 0.406 e. The van der Waals surface area contributed by atoms with E-state index in [2.05, 4.69) is 10.2 Å². The van der Waals surface area contributed by atoms with Crippen LogP contribution in [0.4, 0.5) is 13.2 Å². The van der Waals surface area contributed by atoms with Gasteiger partial charge in [0.05, 0.1) is 4.88 Å². The van der Waals surface area contributed by atoms with E-state index in [-0.39, 0.29) is 13.0 Å². The van der Waals surface area contributed by atoms with Crippen molar-refractivity contribution in [3.05, 3.63) is 22.3 Å². The number of halogens is 3. The summed E-state index contributed by atoms with van der Waals surface area (Å²) in [7, 11) is 1.13. The van der Waals surface area contributed by atoms with Crippen LogP contribution in [0.2, 0.25) is 0 Å². The van der Waals surface area contributed by atoms with Crippen LogP contribution in [0, 0.1) is 4.77 Å². The first-order valence-corrected chi connectivity index (χ1v) is 7.56. The molecule has 0 aliphatic rings. The molecule has 2 heterocycles. The van der Waals surface area contributed by atoms with Crippen molar-refractivity contribution in [1.82, 2.24) is 19.7 Å². The Morgan fingerprint density at radius 2 is 2.27 bits per heavy atom. The van der Waals surface area contributed by atoms with Crippen molar-refractivity contribution in [3.63, 3.8) is 0 Å². The smallest absolute Gasteiger partial charge is 0.337 e. The number of carbonyl (C=O) groups is 1. The molecule has 0 fully saturated rings. The maximum absolute atomic E-state index is 12.3. The van der Waals surface area contributed by atoms with Crippen LogP contribution >= 0.6 is 23.6 Å². The number of aromatic amines is 1. The summed E-state index contributed by atoms with van der Waals surface area (Å²) in [6.45, 7) is -1.09. The molecule has 5 nitrogen and oxygen atoms in total. The molecule has 2 aromatic heterocycles. The normalized spacial score (nSPS) is 11.6. The van der Waals surface area contributed by atoms with Crippen LogP contribution in [0.1, 0.15) is 6.42 Å². The SMILES string of the molecule is CN(CC(F)(F)F)C(=O)CCn1c(-c2cccs2)n[nH]c1=S. The Hall–Kier alpha value is -1.68. The molecule has 2 aromatic rings. The fourth-order valence-electron chi connectivity index (χ4n) is 1.87. The molecule has 1 N–H and O–H groups in total. The van der Waals surface area contributed by atoms with Crippen LogP contribution in [0.5, 0.6) is 0 Å².